The number of rotatable bonds is 15. The Kier molecular flexibility index (Phi) is 11.7. The van der Waals surface area contributed by atoms with E-state index in [1.54, 1.807) is 11.1 Å². The lowest BCUT2D eigenvalue weighted by atomic mass is 9.85. The first kappa shape index (κ1) is 30.2. The van der Waals surface area contributed by atoms with E-state index in [-0.39, 0.29) is 18.9 Å². The number of aromatic nitrogens is 2. The normalized spacial score (nSPS) is 13.6. The second kappa shape index (κ2) is 15.9. The Balaban J connectivity index is 1.51. The largest absolute Gasteiger partial charge is 0.481 e. The predicted octanol–water partition coefficient (Wildman–Crippen LogP) is 6.22. The van der Waals surface area contributed by atoms with Gasteiger partial charge < -0.3 is 14.9 Å². The molecule has 1 aliphatic rings. The van der Waals surface area contributed by atoms with Gasteiger partial charge in [0.25, 0.3) is 5.91 Å². The Hall–Kier alpha value is -3.74. The molecule has 0 aliphatic heterocycles. The van der Waals surface area contributed by atoms with Crippen molar-refractivity contribution < 1.29 is 14.7 Å². The molecule has 218 valence electrons. The van der Waals surface area contributed by atoms with Crippen molar-refractivity contribution in [1.29, 1.82) is 0 Å². The number of hydrogen-bond acceptors (Lipinski definition) is 5. The van der Waals surface area contributed by atoms with Gasteiger partial charge in [-0.15, -0.1) is 0 Å². The minimum absolute atomic E-state index is 0.0876. The standard InChI is InChI=1S/C34H44N4O3/c1-37(24-21-29-16-9-4-10-17-29)34-35-26-30(31(36-34)20-19-28-14-7-3-8-15-28)33(41)38(25-22-32(39)40)23-11-18-27-12-5-2-6-13-27/h2,4-6,9-10,12-13,16-17,26,28H,3,7-8,11,14-15,18-25H2,1H3,(H,39,40). The van der Waals surface area contributed by atoms with Gasteiger partial charge in [-0.2, -0.15) is 0 Å². The van der Waals surface area contributed by atoms with Crippen LogP contribution < -0.4 is 4.90 Å². The van der Waals surface area contributed by atoms with Crippen LogP contribution in [0.25, 0.3) is 0 Å². The highest BCUT2D eigenvalue weighted by Gasteiger charge is 2.23. The number of amides is 1. The molecule has 0 unspecified atom stereocenters. The smallest absolute Gasteiger partial charge is 0.305 e. The van der Waals surface area contributed by atoms with Crippen LogP contribution in [0.5, 0.6) is 0 Å². The molecule has 1 fully saturated rings. The van der Waals surface area contributed by atoms with Crippen LogP contribution in [0.15, 0.2) is 66.9 Å². The van der Waals surface area contributed by atoms with Gasteiger partial charge in [0, 0.05) is 32.9 Å². The topological polar surface area (TPSA) is 86.6 Å². The lowest BCUT2D eigenvalue weighted by molar-refractivity contribution is -0.137. The zero-order chi connectivity index (χ0) is 28.9. The Morgan fingerprint density at radius 1 is 0.854 bits per heavy atom. The molecule has 0 spiro atoms. The maximum Gasteiger partial charge on any atom is 0.305 e. The molecule has 3 aromatic rings. The first-order chi connectivity index (χ1) is 20.0. The fraction of sp³-hybridized carbons (Fsp3) is 0.471. The highest BCUT2D eigenvalue weighted by atomic mass is 16.4. The van der Waals surface area contributed by atoms with Crippen LogP contribution in [-0.2, 0) is 24.1 Å². The van der Waals surface area contributed by atoms with E-state index in [4.69, 9.17) is 4.98 Å². The van der Waals surface area contributed by atoms with Crippen molar-refractivity contribution >= 4 is 17.8 Å². The third-order valence-electron chi connectivity index (χ3n) is 8.14. The summed E-state index contributed by atoms with van der Waals surface area (Å²) in [5, 5.41) is 9.36. The van der Waals surface area contributed by atoms with Gasteiger partial charge in [0.05, 0.1) is 17.7 Å². The highest BCUT2D eigenvalue weighted by molar-refractivity contribution is 5.95. The van der Waals surface area contributed by atoms with E-state index in [0.29, 0.717) is 24.0 Å². The maximum absolute atomic E-state index is 13.9. The second-order valence-electron chi connectivity index (χ2n) is 11.3. The highest BCUT2D eigenvalue weighted by Crippen LogP contribution is 2.28. The lowest BCUT2D eigenvalue weighted by Gasteiger charge is -2.25. The van der Waals surface area contributed by atoms with Gasteiger partial charge in [-0.1, -0.05) is 92.8 Å². The number of anilines is 1. The van der Waals surface area contributed by atoms with Crippen molar-refractivity contribution in [2.45, 2.75) is 70.6 Å². The van der Waals surface area contributed by atoms with Crippen LogP contribution in [0.2, 0.25) is 0 Å². The summed E-state index contributed by atoms with van der Waals surface area (Å²) in [5.74, 6) is 0.207. The summed E-state index contributed by atoms with van der Waals surface area (Å²) in [4.78, 5) is 38.6. The molecule has 1 N–H and O–H groups in total. The van der Waals surface area contributed by atoms with Gasteiger partial charge >= 0.3 is 5.97 Å². The maximum atomic E-state index is 13.9. The molecule has 7 heteroatoms. The number of nitrogens with zero attached hydrogens (tertiary/aromatic N) is 4. The summed E-state index contributed by atoms with van der Waals surface area (Å²) in [6, 6.07) is 20.5. The molecule has 0 radical (unpaired) electrons. The number of carbonyl (C=O) groups excluding carboxylic acids is 1. The van der Waals surface area contributed by atoms with Crippen molar-refractivity contribution in [3.8, 4) is 0 Å². The minimum atomic E-state index is -0.907. The van der Waals surface area contributed by atoms with Crippen LogP contribution in [0.1, 0.15) is 78.5 Å². The molecular formula is C34H44N4O3. The fourth-order valence-corrected chi connectivity index (χ4v) is 5.65. The summed E-state index contributed by atoms with van der Waals surface area (Å²) in [7, 11) is 1.99. The minimum Gasteiger partial charge on any atom is -0.481 e. The van der Waals surface area contributed by atoms with Gasteiger partial charge in [0.1, 0.15) is 0 Å². The molecule has 0 saturated heterocycles. The van der Waals surface area contributed by atoms with E-state index < -0.39 is 5.97 Å². The van der Waals surface area contributed by atoms with Gasteiger partial charge in [-0.25, -0.2) is 9.97 Å². The zero-order valence-electron chi connectivity index (χ0n) is 24.4. The van der Waals surface area contributed by atoms with Crippen LogP contribution in [-0.4, -0.2) is 58.5 Å². The molecule has 1 amide bonds. The van der Waals surface area contributed by atoms with Crippen molar-refractivity contribution in [3.05, 3.63) is 89.2 Å². The summed E-state index contributed by atoms with van der Waals surface area (Å²) in [6.07, 6.45) is 12.1. The Morgan fingerprint density at radius 3 is 2.17 bits per heavy atom. The average Bonchev–Trinajstić information content (AvgIpc) is 3.01. The van der Waals surface area contributed by atoms with E-state index >= 15 is 0 Å². The van der Waals surface area contributed by atoms with E-state index in [0.717, 1.165) is 44.3 Å². The summed E-state index contributed by atoms with van der Waals surface area (Å²) < 4.78 is 0. The molecular weight excluding hydrogens is 512 g/mol. The predicted molar refractivity (Wildman–Crippen MR) is 163 cm³/mol. The Labute approximate surface area is 244 Å². The third kappa shape index (κ3) is 9.69. The molecule has 1 saturated carbocycles. The van der Waals surface area contributed by atoms with E-state index in [2.05, 4.69) is 29.2 Å². The second-order valence-corrected chi connectivity index (χ2v) is 11.3. The van der Waals surface area contributed by atoms with Crippen molar-refractivity contribution in [2.24, 2.45) is 5.92 Å². The number of aryl methyl sites for hydroxylation is 2. The average molecular weight is 557 g/mol. The van der Waals surface area contributed by atoms with Gasteiger partial charge in [-0.05, 0) is 49.1 Å². The van der Waals surface area contributed by atoms with Crippen LogP contribution >= 0.6 is 0 Å². The van der Waals surface area contributed by atoms with E-state index in [1.807, 2.05) is 48.3 Å². The fourth-order valence-electron chi connectivity index (χ4n) is 5.65. The van der Waals surface area contributed by atoms with Crippen LogP contribution in [0.3, 0.4) is 0 Å². The molecule has 7 nitrogen and oxygen atoms in total. The van der Waals surface area contributed by atoms with Crippen LogP contribution in [0, 0.1) is 5.92 Å². The number of carboxylic acids is 1. The number of hydrogen-bond donors (Lipinski definition) is 1. The molecule has 4 rings (SSSR count). The van der Waals surface area contributed by atoms with Crippen LogP contribution in [0.4, 0.5) is 5.95 Å². The molecule has 41 heavy (non-hydrogen) atoms. The monoisotopic (exact) mass is 556 g/mol. The number of aliphatic carboxylic acids is 1. The summed E-state index contributed by atoms with van der Waals surface area (Å²) in [6.45, 7) is 1.43. The van der Waals surface area contributed by atoms with Gasteiger partial charge in [-0.3, -0.25) is 9.59 Å². The zero-order valence-corrected chi connectivity index (χ0v) is 24.4. The Morgan fingerprint density at radius 2 is 1.51 bits per heavy atom. The first-order valence-electron chi connectivity index (χ1n) is 15.2. The first-order valence-corrected chi connectivity index (χ1v) is 15.2. The molecule has 1 aliphatic carbocycles. The Bertz CT molecular complexity index is 1230. The van der Waals surface area contributed by atoms with E-state index in [1.165, 1.54) is 43.2 Å². The molecule has 1 heterocycles. The van der Waals surface area contributed by atoms with Crippen molar-refractivity contribution in [1.82, 2.24) is 14.9 Å². The quantitative estimate of drug-likeness (QED) is 0.239. The van der Waals surface area contributed by atoms with E-state index in [9.17, 15) is 14.7 Å². The summed E-state index contributed by atoms with van der Waals surface area (Å²) in [5.41, 5.74) is 3.75. The SMILES string of the molecule is CN(CCc1ccccc1)c1ncc(C(=O)N(CCCc2ccccc2)CCC(=O)O)c(CCC2CCCCC2)n1. The van der Waals surface area contributed by atoms with Gasteiger partial charge in [0.15, 0.2) is 0 Å². The molecule has 0 bridgehead atoms. The van der Waals surface area contributed by atoms with Crippen molar-refractivity contribution in [3.63, 3.8) is 0 Å². The molecule has 1 aromatic heterocycles. The van der Waals surface area contributed by atoms with Crippen molar-refractivity contribution in [2.75, 3.05) is 31.6 Å². The third-order valence-corrected chi connectivity index (χ3v) is 8.14. The lowest BCUT2D eigenvalue weighted by Crippen LogP contribution is -2.35. The summed E-state index contributed by atoms with van der Waals surface area (Å²) >= 11 is 0. The number of likely N-dealkylation sites (N-methyl/N-ethyl adjacent to an activating group) is 1. The number of carboxylic acid groups (broad SMARTS) is 1. The molecule has 0 atom stereocenters. The number of benzene rings is 2. The number of carbonyl (C=O) groups is 2. The molecule has 2 aromatic carbocycles. The van der Waals surface area contributed by atoms with Gasteiger partial charge in [0.2, 0.25) is 5.95 Å².